The molecule has 2 nitrogen and oxygen atoms in total. The van der Waals surface area contributed by atoms with Crippen LogP contribution >= 0.6 is 0 Å². The lowest BCUT2D eigenvalue weighted by molar-refractivity contribution is 0.249. The van der Waals surface area contributed by atoms with Gasteiger partial charge in [-0.3, -0.25) is 0 Å². The largest absolute Gasteiger partial charge is 0.301 e. The number of rotatable bonds is 4. The molecule has 0 atom stereocenters. The van der Waals surface area contributed by atoms with Gasteiger partial charge in [-0.05, 0) is 50.2 Å². The van der Waals surface area contributed by atoms with E-state index in [4.69, 9.17) is 5.26 Å². The van der Waals surface area contributed by atoms with E-state index in [1.807, 2.05) is 13.8 Å². The average Bonchev–Trinajstić information content (AvgIpc) is 2.38. The predicted molar refractivity (Wildman–Crippen MR) is 84.4 cm³/mol. The highest BCUT2D eigenvalue weighted by molar-refractivity contribution is 5.83. The Kier molecular flexibility index (Phi) is 4.11. The molecule has 0 fully saturated rings. The molecule has 2 aromatic carbocycles. The number of benzene rings is 2. The van der Waals surface area contributed by atoms with Crippen molar-refractivity contribution in [3.05, 3.63) is 47.5 Å². The molecule has 0 heterocycles. The van der Waals surface area contributed by atoms with E-state index in [0.29, 0.717) is 0 Å². The second-order valence-corrected chi connectivity index (χ2v) is 6.35. The van der Waals surface area contributed by atoms with Gasteiger partial charge in [-0.15, -0.1) is 0 Å². The number of hydrogen-bond acceptors (Lipinski definition) is 2. The van der Waals surface area contributed by atoms with Gasteiger partial charge < -0.3 is 4.90 Å². The van der Waals surface area contributed by atoms with Crippen LogP contribution in [0, 0.1) is 23.7 Å². The van der Waals surface area contributed by atoms with E-state index < -0.39 is 0 Å². The molecule has 0 aliphatic rings. The highest BCUT2D eigenvalue weighted by atomic mass is 15.1. The first kappa shape index (κ1) is 14.6. The monoisotopic (exact) mass is 266 g/mol. The van der Waals surface area contributed by atoms with Gasteiger partial charge in [-0.1, -0.05) is 35.9 Å². The summed E-state index contributed by atoms with van der Waals surface area (Å²) >= 11 is 0. The van der Waals surface area contributed by atoms with Crippen molar-refractivity contribution in [2.24, 2.45) is 5.41 Å². The minimum absolute atomic E-state index is 0.303. The van der Waals surface area contributed by atoms with Gasteiger partial charge in [0.15, 0.2) is 0 Å². The van der Waals surface area contributed by atoms with Crippen molar-refractivity contribution in [2.45, 2.75) is 27.3 Å². The standard InChI is InChI=1S/C18H22N2/c1-14-5-7-17-10-15(6-8-16(17)9-14)11-20(4)13-18(2,3)12-19/h5-10H,11,13H2,1-4H3. The van der Waals surface area contributed by atoms with Crippen LogP contribution in [-0.4, -0.2) is 18.5 Å². The molecule has 0 amide bonds. The van der Waals surface area contributed by atoms with Crippen LogP contribution in [0.2, 0.25) is 0 Å². The summed E-state index contributed by atoms with van der Waals surface area (Å²) in [7, 11) is 2.07. The molecule has 0 aliphatic heterocycles. The maximum absolute atomic E-state index is 9.10. The van der Waals surface area contributed by atoms with Crippen molar-refractivity contribution < 1.29 is 0 Å². The smallest absolute Gasteiger partial charge is 0.0697 e. The summed E-state index contributed by atoms with van der Waals surface area (Å²) < 4.78 is 0. The van der Waals surface area contributed by atoms with E-state index in [1.54, 1.807) is 0 Å². The number of aryl methyl sites for hydroxylation is 1. The zero-order valence-corrected chi connectivity index (χ0v) is 12.8. The van der Waals surface area contributed by atoms with E-state index in [9.17, 15) is 0 Å². The number of hydrogen-bond donors (Lipinski definition) is 0. The van der Waals surface area contributed by atoms with Crippen molar-refractivity contribution in [1.82, 2.24) is 4.90 Å². The Hall–Kier alpha value is -1.85. The van der Waals surface area contributed by atoms with E-state index >= 15 is 0 Å². The summed E-state index contributed by atoms with van der Waals surface area (Å²) in [6, 6.07) is 15.5. The molecule has 20 heavy (non-hydrogen) atoms. The highest BCUT2D eigenvalue weighted by Crippen LogP contribution is 2.20. The zero-order chi connectivity index (χ0) is 14.8. The quantitative estimate of drug-likeness (QED) is 0.832. The molecule has 0 saturated heterocycles. The number of fused-ring (bicyclic) bond motifs is 1. The van der Waals surface area contributed by atoms with Gasteiger partial charge in [-0.2, -0.15) is 5.26 Å². The third kappa shape index (κ3) is 3.59. The van der Waals surface area contributed by atoms with Crippen LogP contribution in [0.25, 0.3) is 10.8 Å². The molecule has 2 rings (SSSR count). The van der Waals surface area contributed by atoms with Gasteiger partial charge in [-0.25, -0.2) is 0 Å². The topological polar surface area (TPSA) is 27.0 Å². The second-order valence-electron chi connectivity index (χ2n) is 6.35. The summed E-state index contributed by atoms with van der Waals surface area (Å²) in [5.74, 6) is 0. The molecular formula is C18H22N2. The van der Waals surface area contributed by atoms with Gasteiger partial charge in [0.1, 0.15) is 0 Å². The van der Waals surface area contributed by atoms with Gasteiger partial charge >= 0.3 is 0 Å². The fraction of sp³-hybridized carbons (Fsp3) is 0.389. The lowest BCUT2D eigenvalue weighted by Gasteiger charge is -2.24. The molecule has 0 aromatic heterocycles. The Labute approximate surface area is 121 Å². The molecule has 0 N–H and O–H groups in total. The first-order valence-corrected chi connectivity index (χ1v) is 6.99. The van der Waals surface area contributed by atoms with Gasteiger partial charge in [0, 0.05) is 13.1 Å². The summed E-state index contributed by atoms with van der Waals surface area (Å²) in [5, 5.41) is 11.7. The van der Waals surface area contributed by atoms with Crippen molar-refractivity contribution >= 4 is 10.8 Å². The summed E-state index contributed by atoms with van der Waals surface area (Å²) in [5.41, 5.74) is 2.28. The number of nitrogens with zero attached hydrogens (tertiary/aromatic N) is 2. The van der Waals surface area contributed by atoms with Crippen molar-refractivity contribution in [2.75, 3.05) is 13.6 Å². The van der Waals surface area contributed by atoms with Crippen LogP contribution in [0.5, 0.6) is 0 Å². The van der Waals surface area contributed by atoms with E-state index in [0.717, 1.165) is 13.1 Å². The third-order valence-corrected chi connectivity index (χ3v) is 3.48. The van der Waals surface area contributed by atoms with Crippen LogP contribution in [0.1, 0.15) is 25.0 Å². The summed E-state index contributed by atoms with van der Waals surface area (Å²) in [4.78, 5) is 2.21. The molecular weight excluding hydrogens is 244 g/mol. The lowest BCUT2D eigenvalue weighted by atomic mass is 9.95. The molecule has 2 aromatic rings. The summed E-state index contributed by atoms with van der Waals surface area (Å²) in [6.45, 7) is 7.72. The fourth-order valence-corrected chi connectivity index (χ4v) is 2.59. The lowest BCUT2D eigenvalue weighted by Crippen LogP contribution is -2.29. The first-order valence-electron chi connectivity index (χ1n) is 6.99. The van der Waals surface area contributed by atoms with Gasteiger partial charge in [0.25, 0.3) is 0 Å². The summed E-state index contributed by atoms with van der Waals surface area (Å²) in [6.07, 6.45) is 0. The Balaban J connectivity index is 2.14. The zero-order valence-electron chi connectivity index (χ0n) is 12.8. The SMILES string of the molecule is Cc1ccc2cc(CN(C)CC(C)(C)C#N)ccc2c1. The molecule has 0 radical (unpaired) electrons. The second kappa shape index (κ2) is 5.64. The van der Waals surface area contributed by atoms with Crippen LogP contribution in [0.4, 0.5) is 0 Å². The normalized spacial score (nSPS) is 11.8. The molecule has 0 unspecified atom stereocenters. The van der Waals surface area contributed by atoms with E-state index in [2.05, 4.69) is 61.3 Å². The third-order valence-electron chi connectivity index (χ3n) is 3.48. The van der Waals surface area contributed by atoms with Crippen LogP contribution in [0.15, 0.2) is 36.4 Å². The Morgan fingerprint density at radius 3 is 2.45 bits per heavy atom. The maximum atomic E-state index is 9.10. The Morgan fingerprint density at radius 1 is 1.10 bits per heavy atom. The molecule has 0 spiro atoms. The minimum Gasteiger partial charge on any atom is -0.301 e. The molecule has 0 aliphatic carbocycles. The maximum Gasteiger partial charge on any atom is 0.0697 e. The van der Waals surface area contributed by atoms with Crippen molar-refractivity contribution in [3.8, 4) is 6.07 Å². The average molecular weight is 266 g/mol. The van der Waals surface area contributed by atoms with Gasteiger partial charge in [0.05, 0.1) is 11.5 Å². The molecule has 0 bridgehead atoms. The fourth-order valence-electron chi connectivity index (χ4n) is 2.59. The molecule has 0 saturated carbocycles. The van der Waals surface area contributed by atoms with E-state index in [1.165, 1.54) is 21.9 Å². The predicted octanol–water partition coefficient (Wildman–Crippen LogP) is 4.13. The van der Waals surface area contributed by atoms with Crippen LogP contribution in [-0.2, 0) is 6.54 Å². The van der Waals surface area contributed by atoms with Crippen molar-refractivity contribution in [1.29, 1.82) is 5.26 Å². The Morgan fingerprint density at radius 2 is 1.75 bits per heavy atom. The molecule has 104 valence electrons. The van der Waals surface area contributed by atoms with Gasteiger partial charge in [0.2, 0.25) is 0 Å². The number of nitriles is 1. The van der Waals surface area contributed by atoms with Crippen LogP contribution < -0.4 is 0 Å². The minimum atomic E-state index is -0.303. The molecule has 2 heteroatoms. The Bertz CT molecular complexity index is 650. The first-order chi connectivity index (χ1) is 9.39. The van der Waals surface area contributed by atoms with E-state index in [-0.39, 0.29) is 5.41 Å². The highest BCUT2D eigenvalue weighted by Gasteiger charge is 2.19. The van der Waals surface area contributed by atoms with Crippen LogP contribution in [0.3, 0.4) is 0 Å². The van der Waals surface area contributed by atoms with Crippen molar-refractivity contribution in [3.63, 3.8) is 0 Å².